The second-order valence-corrected chi connectivity index (χ2v) is 6.48. The van der Waals surface area contributed by atoms with Crippen molar-refractivity contribution in [2.24, 2.45) is 5.92 Å². The summed E-state index contributed by atoms with van der Waals surface area (Å²) in [5.74, 6) is 0.897. The summed E-state index contributed by atoms with van der Waals surface area (Å²) in [6.45, 7) is 2.42. The fourth-order valence-electron chi connectivity index (χ4n) is 2.73. The first-order valence-corrected chi connectivity index (χ1v) is 8.15. The topological polar surface area (TPSA) is 66.8 Å². The third-order valence-electron chi connectivity index (χ3n) is 3.87. The number of carbonyl (C=O) groups is 2. The molecule has 3 rings (SSSR count). The smallest absolute Gasteiger partial charge is 0.263 e. The summed E-state index contributed by atoms with van der Waals surface area (Å²) < 4.78 is 5.55. The Bertz CT molecular complexity index is 542. The quantitative estimate of drug-likeness (QED) is 0.851. The highest BCUT2D eigenvalue weighted by Crippen LogP contribution is 2.32. The van der Waals surface area contributed by atoms with Crippen molar-refractivity contribution in [1.82, 2.24) is 4.90 Å². The van der Waals surface area contributed by atoms with Gasteiger partial charge in [-0.25, -0.2) is 4.90 Å². The van der Waals surface area contributed by atoms with Crippen LogP contribution < -0.4 is 0 Å². The standard InChI is InChI=1S/C15H17NO4S/c1-2-21-8-9-7-20-15(12(9)17)16-13(18)10-5-3-4-6-11(10)14(16)19/h3-6,9,12,15,17H,2,7-8H2,1H3/t9-,12+,15-/m0/s1. The van der Waals surface area contributed by atoms with Crippen LogP contribution in [0.4, 0.5) is 0 Å². The predicted octanol–water partition coefficient (Wildman–Crippen LogP) is 1.37. The van der Waals surface area contributed by atoms with Crippen LogP contribution >= 0.6 is 11.8 Å². The third-order valence-corrected chi connectivity index (χ3v) is 4.94. The number of imide groups is 1. The average Bonchev–Trinajstić information content (AvgIpc) is 2.97. The van der Waals surface area contributed by atoms with E-state index in [1.165, 1.54) is 0 Å². The average molecular weight is 307 g/mol. The molecule has 1 N–H and O–H groups in total. The lowest BCUT2D eigenvalue weighted by molar-refractivity contribution is -0.0422. The molecule has 1 aromatic carbocycles. The summed E-state index contributed by atoms with van der Waals surface area (Å²) in [6.07, 6.45) is -1.70. The largest absolute Gasteiger partial charge is 0.388 e. The van der Waals surface area contributed by atoms with E-state index in [4.69, 9.17) is 4.74 Å². The van der Waals surface area contributed by atoms with E-state index in [-0.39, 0.29) is 17.7 Å². The van der Waals surface area contributed by atoms with Crippen LogP contribution in [-0.2, 0) is 4.74 Å². The molecule has 0 aliphatic carbocycles. The number of thioether (sulfide) groups is 1. The lowest BCUT2D eigenvalue weighted by Crippen LogP contribution is -2.46. The van der Waals surface area contributed by atoms with Crippen molar-refractivity contribution in [3.63, 3.8) is 0 Å². The van der Waals surface area contributed by atoms with Gasteiger partial charge in [0.25, 0.3) is 11.8 Å². The Labute approximate surface area is 127 Å². The van der Waals surface area contributed by atoms with Crippen LogP contribution in [0.2, 0.25) is 0 Å². The van der Waals surface area contributed by atoms with Gasteiger partial charge in [0.2, 0.25) is 0 Å². The van der Waals surface area contributed by atoms with Gasteiger partial charge in [-0.3, -0.25) is 9.59 Å². The Morgan fingerprint density at radius 2 is 1.90 bits per heavy atom. The molecule has 3 atom stereocenters. The van der Waals surface area contributed by atoms with Crippen LogP contribution in [0.25, 0.3) is 0 Å². The van der Waals surface area contributed by atoms with Gasteiger partial charge in [-0.1, -0.05) is 19.1 Å². The number of benzene rings is 1. The van der Waals surface area contributed by atoms with Gasteiger partial charge < -0.3 is 9.84 Å². The minimum absolute atomic E-state index is 0.0516. The second kappa shape index (κ2) is 5.79. The monoisotopic (exact) mass is 307 g/mol. The van der Waals surface area contributed by atoms with Gasteiger partial charge in [0.05, 0.1) is 17.7 Å². The third kappa shape index (κ3) is 2.37. The maximum atomic E-state index is 12.4. The molecule has 0 aromatic heterocycles. The van der Waals surface area contributed by atoms with Crippen LogP contribution in [0.1, 0.15) is 27.6 Å². The first-order valence-electron chi connectivity index (χ1n) is 6.99. The molecule has 5 nitrogen and oxygen atoms in total. The van der Waals surface area contributed by atoms with Crippen LogP contribution in [0.3, 0.4) is 0 Å². The fraction of sp³-hybridized carbons (Fsp3) is 0.467. The van der Waals surface area contributed by atoms with Crippen LogP contribution in [0.15, 0.2) is 24.3 Å². The highest BCUT2D eigenvalue weighted by molar-refractivity contribution is 7.99. The molecular formula is C15H17NO4S. The molecule has 112 valence electrons. The minimum Gasteiger partial charge on any atom is -0.388 e. The Balaban J connectivity index is 1.80. The number of hydrogen-bond acceptors (Lipinski definition) is 5. The van der Waals surface area contributed by atoms with E-state index in [0.29, 0.717) is 17.7 Å². The van der Waals surface area contributed by atoms with Gasteiger partial charge in [0.15, 0.2) is 6.23 Å². The van der Waals surface area contributed by atoms with Crippen molar-refractivity contribution in [3.8, 4) is 0 Å². The normalized spacial score (nSPS) is 28.3. The van der Waals surface area contributed by atoms with Crippen LogP contribution in [0.5, 0.6) is 0 Å². The second-order valence-electron chi connectivity index (χ2n) is 5.16. The van der Waals surface area contributed by atoms with E-state index in [1.807, 2.05) is 0 Å². The molecule has 1 fully saturated rings. The van der Waals surface area contributed by atoms with E-state index >= 15 is 0 Å². The van der Waals surface area contributed by atoms with Gasteiger partial charge in [0.1, 0.15) is 6.10 Å². The van der Waals surface area contributed by atoms with Gasteiger partial charge in [-0.05, 0) is 17.9 Å². The fourth-order valence-corrected chi connectivity index (χ4v) is 3.57. The Hall–Kier alpha value is -1.37. The zero-order chi connectivity index (χ0) is 15.0. The summed E-state index contributed by atoms with van der Waals surface area (Å²) in [6, 6.07) is 6.70. The maximum Gasteiger partial charge on any atom is 0.263 e. The molecule has 0 spiro atoms. The van der Waals surface area contributed by atoms with Crippen LogP contribution in [-0.4, -0.2) is 52.3 Å². The minimum atomic E-state index is -0.875. The highest BCUT2D eigenvalue weighted by Gasteiger charge is 2.48. The van der Waals surface area contributed by atoms with Crippen molar-refractivity contribution < 1.29 is 19.4 Å². The van der Waals surface area contributed by atoms with Gasteiger partial charge >= 0.3 is 0 Å². The number of aliphatic hydroxyl groups is 1. The molecule has 2 amide bonds. The molecular weight excluding hydrogens is 290 g/mol. The lowest BCUT2D eigenvalue weighted by atomic mass is 10.1. The van der Waals surface area contributed by atoms with Crippen molar-refractivity contribution >= 4 is 23.6 Å². The number of amides is 2. The zero-order valence-electron chi connectivity index (χ0n) is 11.7. The molecule has 0 bridgehead atoms. The molecule has 6 heteroatoms. The molecule has 2 heterocycles. The van der Waals surface area contributed by atoms with Gasteiger partial charge in [-0.15, -0.1) is 0 Å². The molecule has 1 saturated heterocycles. The number of aliphatic hydroxyl groups excluding tert-OH is 1. The van der Waals surface area contributed by atoms with E-state index < -0.39 is 12.3 Å². The summed E-state index contributed by atoms with van der Waals surface area (Å²) in [5.41, 5.74) is 0.759. The lowest BCUT2D eigenvalue weighted by Gasteiger charge is -2.25. The Morgan fingerprint density at radius 3 is 2.48 bits per heavy atom. The molecule has 1 aromatic rings. The van der Waals surface area contributed by atoms with Crippen molar-refractivity contribution in [3.05, 3.63) is 35.4 Å². The summed E-state index contributed by atoms with van der Waals surface area (Å²) in [7, 11) is 0. The summed E-state index contributed by atoms with van der Waals surface area (Å²) in [5, 5.41) is 10.4. The summed E-state index contributed by atoms with van der Waals surface area (Å²) >= 11 is 1.71. The van der Waals surface area contributed by atoms with Gasteiger partial charge in [-0.2, -0.15) is 11.8 Å². The van der Waals surface area contributed by atoms with E-state index in [9.17, 15) is 14.7 Å². The summed E-state index contributed by atoms with van der Waals surface area (Å²) in [4.78, 5) is 25.8. The molecule has 0 radical (unpaired) electrons. The van der Waals surface area contributed by atoms with Crippen molar-refractivity contribution in [2.45, 2.75) is 19.3 Å². The number of fused-ring (bicyclic) bond motifs is 1. The predicted molar refractivity (Wildman–Crippen MR) is 79.2 cm³/mol. The van der Waals surface area contributed by atoms with E-state index in [0.717, 1.165) is 16.4 Å². The van der Waals surface area contributed by atoms with Gasteiger partial charge in [0, 0.05) is 11.7 Å². The SMILES string of the molecule is CCSC[C@@H]1CO[C@H](N2C(=O)c3ccccc3C2=O)[C@@H]1O. The molecule has 21 heavy (non-hydrogen) atoms. The number of hydrogen-bond donors (Lipinski definition) is 1. The first-order chi connectivity index (χ1) is 10.1. The van der Waals surface area contributed by atoms with Crippen molar-refractivity contribution in [2.75, 3.05) is 18.1 Å². The maximum absolute atomic E-state index is 12.4. The van der Waals surface area contributed by atoms with E-state index in [1.54, 1.807) is 36.0 Å². The Kier molecular flexibility index (Phi) is 4.01. The number of carbonyl (C=O) groups excluding carboxylic acids is 2. The Morgan fingerprint density at radius 1 is 1.29 bits per heavy atom. The molecule has 0 saturated carbocycles. The highest BCUT2D eigenvalue weighted by atomic mass is 32.2. The van der Waals surface area contributed by atoms with Crippen LogP contribution in [0, 0.1) is 5.92 Å². The number of ether oxygens (including phenoxy) is 1. The molecule has 2 aliphatic heterocycles. The molecule has 2 aliphatic rings. The number of nitrogens with zero attached hydrogens (tertiary/aromatic N) is 1. The van der Waals surface area contributed by atoms with Crippen molar-refractivity contribution in [1.29, 1.82) is 0 Å². The first kappa shape index (κ1) is 14.6. The number of rotatable bonds is 4. The zero-order valence-corrected chi connectivity index (χ0v) is 12.5. The van der Waals surface area contributed by atoms with E-state index in [2.05, 4.69) is 6.92 Å². The molecule has 0 unspecified atom stereocenters.